The third-order valence-electron chi connectivity index (χ3n) is 14.9. The Morgan fingerprint density at radius 1 is 0.679 bits per heavy atom. The van der Waals surface area contributed by atoms with Crippen LogP contribution in [0.3, 0.4) is 0 Å². The van der Waals surface area contributed by atoms with Crippen molar-refractivity contribution in [1.29, 1.82) is 0 Å². The second kappa shape index (κ2) is 12.2. The molecule has 0 radical (unpaired) electrons. The van der Waals surface area contributed by atoms with E-state index in [0.29, 0.717) is 76.5 Å². The lowest BCUT2D eigenvalue weighted by Gasteiger charge is -2.64. The molecule has 2 spiro atoms. The molecule has 4 bridgehead atoms. The summed E-state index contributed by atoms with van der Waals surface area (Å²) in [4.78, 5) is 4.70. The van der Waals surface area contributed by atoms with Crippen LogP contribution in [-0.4, -0.2) is 131 Å². The van der Waals surface area contributed by atoms with Crippen molar-refractivity contribution < 1.29 is 44.1 Å². The molecule has 53 heavy (non-hydrogen) atoms. The summed E-state index contributed by atoms with van der Waals surface area (Å²) in [6, 6.07) is 7.33. The molecule has 4 heterocycles. The number of ether oxygens (including phenoxy) is 5. The lowest BCUT2D eigenvalue weighted by molar-refractivity contribution is -0.217. The molecular weight excluding hydrogens is 676 g/mol. The Morgan fingerprint density at radius 2 is 1.13 bits per heavy atom. The molecular formula is C42H52N2O9. The first kappa shape index (κ1) is 34.3. The van der Waals surface area contributed by atoms with Gasteiger partial charge in [-0.2, -0.15) is 0 Å². The van der Waals surface area contributed by atoms with Crippen LogP contribution in [-0.2, 0) is 37.9 Å². The van der Waals surface area contributed by atoms with Crippen LogP contribution < -0.4 is 9.47 Å². The Balaban J connectivity index is 0.783. The highest BCUT2D eigenvalue weighted by molar-refractivity contribution is 5.64. The summed E-state index contributed by atoms with van der Waals surface area (Å²) in [7, 11) is 0. The van der Waals surface area contributed by atoms with Gasteiger partial charge < -0.3 is 44.1 Å². The molecule has 284 valence electrons. The zero-order valence-electron chi connectivity index (χ0n) is 30.4. The van der Waals surface area contributed by atoms with Crippen LogP contribution in [0.5, 0.6) is 23.0 Å². The molecule has 10 atom stereocenters. The smallest absolute Gasteiger partial charge is 0.165 e. The van der Waals surface area contributed by atoms with E-state index in [2.05, 4.69) is 23.0 Å². The predicted molar refractivity (Wildman–Crippen MR) is 195 cm³/mol. The summed E-state index contributed by atoms with van der Waals surface area (Å²) in [5, 5.41) is 46.9. The van der Waals surface area contributed by atoms with Gasteiger partial charge in [0.05, 0.1) is 60.7 Å². The quantitative estimate of drug-likeness (QED) is 0.190. The fourth-order valence-electron chi connectivity index (χ4n) is 12.9. The summed E-state index contributed by atoms with van der Waals surface area (Å²) >= 11 is 0. The third kappa shape index (κ3) is 4.36. The Kier molecular flexibility index (Phi) is 7.88. The first-order valence-corrected chi connectivity index (χ1v) is 19.7. The second-order valence-corrected chi connectivity index (χ2v) is 16.8. The monoisotopic (exact) mass is 728 g/mol. The molecule has 4 aliphatic heterocycles. The van der Waals surface area contributed by atoms with Gasteiger partial charge in [0.2, 0.25) is 0 Å². The van der Waals surface area contributed by atoms with Crippen molar-refractivity contribution in [2.45, 2.75) is 110 Å². The molecule has 2 aromatic carbocycles. The molecule has 4 N–H and O–H groups in total. The van der Waals surface area contributed by atoms with Crippen molar-refractivity contribution in [3.63, 3.8) is 0 Å². The number of aliphatic hydroxyl groups is 2. The van der Waals surface area contributed by atoms with Gasteiger partial charge in [0, 0.05) is 36.3 Å². The summed E-state index contributed by atoms with van der Waals surface area (Å²) < 4.78 is 32.2. The summed E-state index contributed by atoms with van der Waals surface area (Å²) in [6.07, 6.45) is 7.89. The van der Waals surface area contributed by atoms with E-state index in [1.807, 2.05) is 24.3 Å². The number of phenols is 2. The zero-order valence-corrected chi connectivity index (χ0v) is 30.4. The standard InChI is InChI=1S/C42H52N2O9/c1-3-15-43-17-13-39-33-25-5-7-27(45)35(33)52-37(39)29(9-11-41(39,47)31(43)23-25)50-21-19-49-20-22-51-30-10-12-42(48)32-24-26-6-8-28(46)36-34(26)40(42,38(30)53-36)14-18-44(32)16-4-2/h3-8,29-32,37-38,45-48H,1-2,9-24H2/t29-,30?,31?,32?,37?,38-,39-,40-,41+,42+/m0/s1. The Morgan fingerprint density at radius 3 is 1.57 bits per heavy atom. The minimum atomic E-state index is -0.987. The third-order valence-corrected chi connectivity index (χ3v) is 14.9. The van der Waals surface area contributed by atoms with Gasteiger partial charge in [0.15, 0.2) is 23.0 Å². The largest absolute Gasteiger partial charge is 0.504 e. The van der Waals surface area contributed by atoms with E-state index in [4.69, 9.17) is 23.7 Å². The number of benzene rings is 2. The van der Waals surface area contributed by atoms with Crippen LogP contribution in [0, 0.1) is 0 Å². The van der Waals surface area contributed by atoms with Gasteiger partial charge in [-0.15, -0.1) is 13.2 Å². The maximum absolute atomic E-state index is 12.6. The van der Waals surface area contributed by atoms with Crippen LogP contribution in [0.2, 0.25) is 0 Å². The van der Waals surface area contributed by atoms with E-state index in [-0.39, 0.29) is 35.8 Å². The molecule has 11 heteroatoms. The number of nitrogens with zero attached hydrogens (tertiary/aromatic N) is 2. The van der Waals surface area contributed by atoms with Gasteiger partial charge in [-0.1, -0.05) is 24.3 Å². The van der Waals surface area contributed by atoms with Gasteiger partial charge in [-0.05, 0) is 87.7 Å². The average Bonchev–Trinajstić information content (AvgIpc) is 3.69. The van der Waals surface area contributed by atoms with Gasteiger partial charge in [-0.25, -0.2) is 0 Å². The molecule has 2 saturated heterocycles. The number of hydrogen-bond donors (Lipinski definition) is 4. The zero-order chi connectivity index (χ0) is 36.3. The van der Waals surface area contributed by atoms with Crippen LogP contribution in [0.1, 0.15) is 60.8 Å². The Bertz CT molecular complexity index is 1710. The van der Waals surface area contributed by atoms with Gasteiger partial charge >= 0.3 is 0 Å². The van der Waals surface area contributed by atoms with Gasteiger partial charge in [-0.3, -0.25) is 9.80 Å². The molecule has 11 nitrogen and oxygen atoms in total. The van der Waals surface area contributed by atoms with Crippen LogP contribution in [0.4, 0.5) is 0 Å². The Labute approximate surface area is 310 Å². The summed E-state index contributed by atoms with van der Waals surface area (Å²) in [6.45, 7) is 12.5. The van der Waals surface area contributed by atoms with Crippen molar-refractivity contribution in [1.82, 2.24) is 9.80 Å². The van der Waals surface area contributed by atoms with Crippen molar-refractivity contribution in [3.8, 4) is 23.0 Å². The molecule has 4 fully saturated rings. The Hall–Kier alpha value is -3.16. The first-order chi connectivity index (χ1) is 25.7. The van der Waals surface area contributed by atoms with Crippen molar-refractivity contribution >= 4 is 0 Å². The maximum Gasteiger partial charge on any atom is 0.165 e. The molecule has 4 aliphatic carbocycles. The fraction of sp³-hybridized carbons (Fsp3) is 0.619. The van der Waals surface area contributed by atoms with E-state index in [1.54, 1.807) is 12.1 Å². The number of hydrogen-bond acceptors (Lipinski definition) is 11. The SMILES string of the molecule is C=CCN1CC[C@]23c4c5ccc(O)c4OC2[C@@H](OCCOCCOC2CC[C@@]4(O)C6Cc7ccc(O)c8c7[C@@]4(CCN6CC=C)[C@H]2O8)CC[C@@]3(O)C1C5. The second-order valence-electron chi connectivity index (χ2n) is 16.8. The maximum atomic E-state index is 12.6. The lowest BCUT2D eigenvalue weighted by Crippen LogP contribution is -2.77. The number of phenolic OH excluding ortho intramolecular Hbond substituents is 2. The highest BCUT2D eigenvalue weighted by atomic mass is 16.6. The molecule has 4 unspecified atom stereocenters. The van der Waals surface area contributed by atoms with E-state index in [1.165, 1.54) is 0 Å². The molecule has 8 aliphatic rings. The van der Waals surface area contributed by atoms with E-state index in [9.17, 15) is 20.4 Å². The summed E-state index contributed by atoms with van der Waals surface area (Å²) in [5.74, 6) is 1.27. The van der Waals surface area contributed by atoms with E-state index >= 15 is 0 Å². The number of likely N-dealkylation sites (tertiary alicyclic amines) is 2. The minimum absolute atomic E-state index is 0.0497. The van der Waals surface area contributed by atoms with Gasteiger partial charge in [0.25, 0.3) is 0 Å². The van der Waals surface area contributed by atoms with Crippen molar-refractivity contribution in [2.24, 2.45) is 0 Å². The topological polar surface area (TPSA) is 134 Å². The van der Waals surface area contributed by atoms with Crippen LogP contribution in [0.15, 0.2) is 49.6 Å². The fourth-order valence-corrected chi connectivity index (χ4v) is 12.9. The molecule has 10 rings (SSSR count). The molecule has 0 amide bonds. The summed E-state index contributed by atoms with van der Waals surface area (Å²) in [5.41, 5.74) is 0.988. The number of aromatic hydroxyl groups is 2. The first-order valence-electron chi connectivity index (χ1n) is 19.7. The lowest BCUT2D eigenvalue weighted by atomic mass is 9.48. The van der Waals surface area contributed by atoms with Crippen molar-refractivity contribution in [2.75, 3.05) is 52.6 Å². The minimum Gasteiger partial charge on any atom is -0.504 e. The highest BCUT2D eigenvalue weighted by Crippen LogP contribution is 2.67. The molecule has 0 aromatic heterocycles. The number of piperidine rings is 2. The normalized spacial score (nSPS) is 39.8. The van der Waals surface area contributed by atoms with E-state index in [0.717, 1.165) is 61.3 Å². The highest BCUT2D eigenvalue weighted by Gasteiger charge is 2.74. The van der Waals surface area contributed by atoms with E-state index < -0.39 is 34.2 Å². The molecule has 2 aromatic rings. The van der Waals surface area contributed by atoms with Crippen molar-refractivity contribution in [3.05, 3.63) is 71.8 Å². The van der Waals surface area contributed by atoms with Gasteiger partial charge in [0.1, 0.15) is 12.2 Å². The van der Waals surface area contributed by atoms with Crippen LogP contribution in [0.25, 0.3) is 0 Å². The van der Waals surface area contributed by atoms with Crippen LogP contribution >= 0.6 is 0 Å². The average molecular weight is 729 g/mol. The predicted octanol–water partition coefficient (Wildman–Crippen LogP) is 3.27. The molecule has 2 saturated carbocycles. The number of rotatable bonds is 12.